The van der Waals surface area contributed by atoms with Crippen molar-refractivity contribution in [3.8, 4) is 0 Å². The zero-order chi connectivity index (χ0) is 22.6. The number of alkyl halides is 1. The van der Waals surface area contributed by atoms with Gasteiger partial charge in [0.1, 0.15) is 0 Å². The summed E-state index contributed by atoms with van der Waals surface area (Å²) in [5, 5.41) is 0.696. The van der Waals surface area contributed by atoms with Crippen LogP contribution < -0.4 is 0 Å². The van der Waals surface area contributed by atoms with Crippen molar-refractivity contribution in [3.05, 3.63) is 46.7 Å². The number of hydrogen-bond donors (Lipinski definition) is 0. The van der Waals surface area contributed by atoms with Crippen LogP contribution in [0.1, 0.15) is 72.6 Å². The average Bonchev–Trinajstić information content (AvgIpc) is 3.27. The van der Waals surface area contributed by atoms with E-state index in [1.807, 2.05) is 6.08 Å². The van der Waals surface area contributed by atoms with Crippen LogP contribution in [0.4, 0.5) is 0 Å². The second-order valence-electron chi connectivity index (χ2n) is 9.38. The quantitative estimate of drug-likeness (QED) is 0.174. The number of likely N-dealkylation sites (tertiary alicyclic amines) is 2. The first-order valence-corrected chi connectivity index (χ1v) is 13.3. The SMILES string of the molecule is CC/C=C(/C/C(C)=C/C=C(/Cl)CCl)N1CCC(N2CCC(C(C)/C=C\CCC)CC2)C1. The van der Waals surface area contributed by atoms with E-state index in [4.69, 9.17) is 23.2 Å². The lowest BCUT2D eigenvalue weighted by molar-refractivity contribution is 0.122. The average molecular weight is 468 g/mol. The molecule has 0 spiro atoms. The van der Waals surface area contributed by atoms with Gasteiger partial charge in [0.15, 0.2) is 0 Å². The maximum absolute atomic E-state index is 6.05. The molecular weight excluding hydrogens is 423 g/mol. The van der Waals surface area contributed by atoms with Crippen LogP contribution in [-0.2, 0) is 0 Å². The minimum Gasteiger partial charge on any atom is -0.373 e. The third-order valence-corrected chi connectivity index (χ3v) is 7.56. The predicted octanol–water partition coefficient (Wildman–Crippen LogP) is 7.76. The van der Waals surface area contributed by atoms with E-state index in [9.17, 15) is 0 Å². The van der Waals surface area contributed by atoms with E-state index in [2.05, 4.69) is 61.8 Å². The minimum atomic E-state index is 0.376. The summed E-state index contributed by atoms with van der Waals surface area (Å²) >= 11 is 11.8. The molecule has 0 bridgehead atoms. The highest BCUT2D eigenvalue weighted by Gasteiger charge is 2.32. The molecule has 2 aliphatic rings. The van der Waals surface area contributed by atoms with Crippen LogP contribution in [0.15, 0.2) is 46.7 Å². The van der Waals surface area contributed by atoms with E-state index in [1.165, 1.54) is 69.6 Å². The molecule has 4 heteroatoms. The lowest BCUT2D eigenvalue weighted by Gasteiger charge is -2.37. The number of halogens is 2. The number of unbranched alkanes of at least 4 members (excludes halogenated alkanes) is 1. The highest BCUT2D eigenvalue weighted by molar-refractivity contribution is 6.35. The summed E-state index contributed by atoms with van der Waals surface area (Å²) in [7, 11) is 0. The third kappa shape index (κ3) is 8.98. The molecule has 2 fully saturated rings. The molecule has 0 radical (unpaired) electrons. The normalized spacial score (nSPS) is 23.9. The van der Waals surface area contributed by atoms with Gasteiger partial charge in [-0.1, -0.05) is 68.7 Å². The van der Waals surface area contributed by atoms with Gasteiger partial charge in [-0.05, 0) is 70.0 Å². The van der Waals surface area contributed by atoms with Crippen molar-refractivity contribution in [1.82, 2.24) is 9.80 Å². The van der Waals surface area contributed by atoms with E-state index in [1.54, 1.807) is 0 Å². The summed E-state index contributed by atoms with van der Waals surface area (Å²) in [6.45, 7) is 14.0. The minimum absolute atomic E-state index is 0.376. The molecule has 0 saturated carbocycles. The van der Waals surface area contributed by atoms with Crippen LogP contribution in [0.2, 0.25) is 0 Å². The molecule has 2 saturated heterocycles. The molecule has 176 valence electrons. The van der Waals surface area contributed by atoms with E-state index >= 15 is 0 Å². The summed E-state index contributed by atoms with van der Waals surface area (Å²) in [6.07, 6.45) is 19.8. The molecule has 2 nitrogen and oxygen atoms in total. The summed E-state index contributed by atoms with van der Waals surface area (Å²) in [5.41, 5.74) is 2.80. The molecule has 2 aliphatic heterocycles. The summed E-state index contributed by atoms with van der Waals surface area (Å²) in [6, 6.07) is 0.710. The predicted molar refractivity (Wildman–Crippen MR) is 139 cm³/mol. The van der Waals surface area contributed by atoms with Crippen LogP contribution in [0.3, 0.4) is 0 Å². The fourth-order valence-corrected chi connectivity index (χ4v) is 5.07. The van der Waals surface area contributed by atoms with Gasteiger partial charge >= 0.3 is 0 Å². The zero-order valence-corrected chi connectivity index (χ0v) is 21.8. The lowest BCUT2D eigenvalue weighted by Crippen LogP contribution is -2.43. The van der Waals surface area contributed by atoms with Crippen molar-refractivity contribution in [2.75, 3.05) is 32.1 Å². The second-order valence-corrected chi connectivity index (χ2v) is 10.1. The Morgan fingerprint density at radius 1 is 1.10 bits per heavy atom. The lowest BCUT2D eigenvalue weighted by atomic mass is 9.84. The zero-order valence-electron chi connectivity index (χ0n) is 20.3. The monoisotopic (exact) mass is 466 g/mol. The molecule has 0 amide bonds. The van der Waals surface area contributed by atoms with Gasteiger partial charge in [-0.2, -0.15) is 0 Å². The molecule has 31 heavy (non-hydrogen) atoms. The highest BCUT2D eigenvalue weighted by Crippen LogP contribution is 2.30. The number of hydrogen-bond acceptors (Lipinski definition) is 2. The van der Waals surface area contributed by atoms with Gasteiger partial charge in [0.2, 0.25) is 0 Å². The fraction of sp³-hybridized carbons (Fsp3) is 0.704. The molecule has 0 aromatic carbocycles. The topological polar surface area (TPSA) is 6.48 Å². The maximum Gasteiger partial charge on any atom is 0.0581 e. The Morgan fingerprint density at radius 2 is 1.84 bits per heavy atom. The van der Waals surface area contributed by atoms with Gasteiger partial charge in [-0.25, -0.2) is 0 Å². The number of allylic oxidation sites excluding steroid dienone is 7. The summed E-state index contributed by atoms with van der Waals surface area (Å²) < 4.78 is 0. The molecule has 0 aliphatic carbocycles. The van der Waals surface area contributed by atoms with E-state index in [0.717, 1.165) is 24.7 Å². The molecule has 2 atom stereocenters. The molecular formula is C27H44Cl2N2. The van der Waals surface area contributed by atoms with Gasteiger partial charge in [0.05, 0.1) is 5.88 Å². The Balaban J connectivity index is 1.87. The molecule has 0 aromatic heterocycles. The van der Waals surface area contributed by atoms with Crippen LogP contribution in [0, 0.1) is 11.8 Å². The van der Waals surface area contributed by atoms with Gasteiger partial charge in [-0.15, -0.1) is 11.6 Å². The molecule has 2 heterocycles. The van der Waals surface area contributed by atoms with Gasteiger partial charge in [0.25, 0.3) is 0 Å². The Labute approximate surface area is 202 Å². The second kappa shape index (κ2) is 14.4. The highest BCUT2D eigenvalue weighted by atomic mass is 35.5. The van der Waals surface area contributed by atoms with Crippen molar-refractivity contribution in [3.63, 3.8) is 0 Å². The van der Waals surface area contributed by atoms with Crippen LogP contribution in [0.25, 0.3) is 0 Å². The van der Waals surface area contributed by atoms with Crippen molar-refractivity contribution >= 4 is 23.2 Å². The first kappa shape index (κ1) is 26.6. The van der Waals surface area contributed by atoms with Crippen molar-refractivity contribution in [2.45, 2.75) is 78.7 Å². The standard InChI is InChI=1S/C27H44Cl2N2/c1-5-7-8-10-23(4)24-13-16-30(17-14-24)27-15-18-31(21-27)26(9-6-2)19-22(3)11-12-25(29)20-28/h8-12,23-24,27H,5-7,13-21H2,1-4H3/b10-8-,22-11+,25-12+,26-9-. The largest absolute Gasteiger partial charge is 0.373 e. The number of nitrogens with zero attached hydrogens (tertiary/aromatic N) is 2. The van der Waals surface area contributed by atoms with Crippen LogP contribution in [0.5, 0.6) is 0 Å². The first-order valence-electron chi connectivity index (χ1n) is 12.4. The van der Waals surface area contributed by atoms with Gasteiger partial charge in [0, 0.05) is 36.3 Å². The summed E-state index contributed by atoms with van der Waals surface area (Å²) in [4.78, 5) is 5.40. The van der Waals surface area contributed by atoms with E-state index < -0.39 is 0 Å². The Morgan fingerprint density at radius 3 is 2.48 bits per heavy atom. The van der Waals surface area contributed by atoms with Gasteiger partial charge < -0.3 is 4.90 Å². The van der Waals surface area contributed by atoms with Crippen molar-refractivity contribution in [1.29, 1.82) is 0 Å². The Kier molecular flexibility index (Phi) is 12.4. The number of rotatable bonds is 11. The molecule has 2 unspecified atom stereocenters. The van der Waals surface area contributed by atoms with E-state index in [-0.39, 0.29) is 0 Å². The van der Waals surface area contributed by atoms with Crippen LogP contribution >= 0.6 is 23.2 Å². The fourth-order valence-electron chi connectivity index (χ4n) is 4.92. The van der Waals surface area contributed by atoms with Gasteiger partial charge in [-0.3, -0.25) is 4.90 Å². The molecule has 0 N–H and O–H groups in total. The van der Waals surface area contributed by atoms with Crippen LogP contribution in [-0.4, -0.2) is 47.9 Å². The Hall–Kier alpha value is -0.700. The molecule has 2 rings (SSSR count). The van der Waals surface area contributed by atoms with Crippen molar-refractivity contribution < 1.29 is 0 Å². The third-order valence-electron chi connectivity index (χ3n) is 6.87. The van der Waals surface area contributed by atoms with Crippen molar-refractivity contribution in [2.24, 2.45) is 11.8 Å². The van der Waals surface area contributed by atoms with E-state index in [0.29, 0.717) is 17.0 Å². The first-order chi connectivity index (χ1) is 15.0. The smallest absolute Gasteiger partial charge is 0.0581 e. The molecule has 0 aromatic rings. The Bertz CT molecular complexity index is 642. The summed E-state index contributed by atoms with van der Waals surface area (Å²) in [5.74, 6) is 1.96. The maximum atomic E-state index is 6.05. The number of piperidine rings is 1.